The largest absolute Gasteiger partial charge is 0.493 e. The van der Waals surface area contributed by atoms with Crippen LogP contribution in [-0.2, 0) is 4.79 Å². The van der Waals surface area contributed by atoms with Crippen LogP contribution in [0.5, 0.6) is 17.2 Å². The third-order valence-electron chi connectivity index (χ3n) is 4.25. The molecule has 1 aliphatic heterocycles. The topological polar surface area (TPSA) is 142 Å². The zero-order valence-corrected chi connectivity index (χ0v) is 17.1. The lowest BCUT2D eigenvalue weighted by Gasteiger charge is -2.11. The highest BCUT2D eigenvalue weighted by Crippen LogP contribution is 2.39. The molecule has 2 amide bonds. The molecule has 0 bridgehead atoms. The fourth-order valence-corrected chi connectivity index (χ4v) is 3.65. The number of imide groups is 1. The molecule has 1 aliphatic rings. The number of thioether (sulfide) groups is 1. The molecule has 2 aromatic carbocycles. The molecule has 0 N–H and O–H groups in total. The number of hydrogen-bond donors (Lipinski definition) is 0. The van der Waals surface area contributed by atoms with E-state index < -0.39 is 27.1 Å². The van der Waals surface area contributed by atoms with Crippen LogP contribution < -0.4 is 9.47 Å². The highest BCUT2D eigenvalue weighted by atomic mass is 32.2. The molecule has 0 atom stereocenters. The Bertz CT molecular complexity index is 1130. The summed E-state index contributed by atoms with van der Waals surface area (Å²) >= 11 is 0.827. The molecule has 0 aromatic heterocycles. The van der Waals surface area contributed by atoms with Gasteiger partial charge in [-0.3, -0.25) is 34.7 Å². The fourth-order valence-electron chi connectivity index (χ4n) is 2.75. The lowest BCUT2D eigenvalue weighted by atomic mass is 10.1. The molecule has 160 valence electrons. The van der Waals surface area contributed by atoms with E-state index in [0.717, 1.165) is 34.9 Å². The van der Waals surface area contributed by atoms with Crippen molar-refractivity contribution in [2.45, 2.75) is 6.92 Å². The number of carbonyl (C=O) groups is 2. The van der Waals surface area contributed by atoms with E-state index in [0.29, 0.717) is 5.56 Å². The quantitative estimate of drug-likeness (QED) is 0.345. The number of benzene rings is 2. The molecule has 1 saturated heterocycles. The zero-order chi connectivity index (χ0) is 22.7. The molecule has 1 fully saturated rings. The molecule has 3 rings (SSSR count). The van der Waals surface area contributed by atoms with E-state index in [1.165, 1.54) is 25.3 Å². The zero-order valence-electron chi connectivity index (χ0n) is 16.3. The van der Waals surface area contributed by atoms with E-state index in [-0.39, 0.29) is 33.9 Å². The van der Waals surface area contributed by atoms with Crippen LogP contribution in [0.3, 0.4) is 0 Å². The SMILES string of the molecule is CCN1C(=O)S/C(=C/c2ccc(Oc3ccc([N+](=O)[O-])cc3[N+](=O)[O-])c(OC)c2)C1=O. The first-order valence-corrected chi connectivity index (χ1v) is 9.61. The minimum Gasteiger partial charge on any atom is -0.493 e. The summed E-state index contributed by atoms with van der Waals surface area (Å²) in [6.45, 7) is 1.97. The summed E-state index contributed by atoms with van der Waals surface area (Å²) in [4.78, 5) is 46.1. The van der Waals surface area contributed by atoms with Crippen LogP contribution in [0.1, 0.15) is 12.5 Å². The summed E-state index contributed by atoms with van der Waals surface area (Å²) in [7, 11) is 1.36. The van der Waals surface area contributed by atoms with Crippen molar-refractivity contribution in [3.8, 4) is 17.2 Å². The molecule has 0 aliphatic carbocycles. The smallest absolute Gasteiger partial charge is 0.318 e. The monoisotopic (exact) mass is 445 g/mol. The number of nitro benzene ring substituents is 2. The predicted octanol–water partition coefficient (Wildman–Crippen LogP) is 4.36. The summed E-state index contributed by atoms with van der Waals surface area (Å²) < 4.78 is 10.9. The molecule has 11 nitrogen and oxygen atoms in total. The van der Waals surface area contributed by atoms with Crippen molar-refractivity contribution in [1.29, 1.82) is 0 Å². The molecule has 1 heterocycles. The number of nitrogens with zero attached hydrogens (tertiary/aromatic N) is 3. The molecular formula is C19H15N3O8S. The predicted molar refractivity (Wildman–Crippen MR) is 111 cm³/mol. The first-order valence-electron chi connectivity index (χ1n) is 8.79. The molecular weight excluding hydrogens is 430 g/mol. The van der Waals surface area contributed by atoms with Crippen LogP contribution >= 0.6 is 11.8 Å². The average molecular weight is 445 g/mol. The Morgan fingerprint density at radius 1 is 1.03 bits per heavy atom. The Balaban J connectivity index is 1.92. The minimum atomic E-state index is -0.785. The maximum absolute atomic E-state index is 12.2. The summed E-state index contributed by atoms with van der Waals surface area (Å²) in [6, 6.07) is 7.61. The van der Waals surface area contributed by atoms with Gasteiger partial charge in [0, 0.05) is 12.6 Å². The van der Waals surface area contributed by atoms with Gasteiger partial charge in [-0.2, -0.15) is 0 Å². The van der Waals surface area contributed by atoms with Crippen molar-refractivity contribution >= 4 is 40.4 Å². The molecule has 31 heavy (non-hydrogen) atoms. The van der Waals surface area contributed by atoms with Crippen LogP contribution in [0.4, 0.5) is 16.2 Å². The number of rotatable bonds is 7. The van der Waals surface area contributed by atoms with Gasteiger partial charge in [-0.25, -0.2) is 0 Å². The Labute approximate surface area is 179 Å². The Morgan fingerprint density at radius 3 is 2.32 bits per heavy atom. The van der Waals surface area contributed by atoms with Gasteiger partial charge in [0.05, 0.1) is 27.9 Å². The number of hydrogen-bond acceptors (Lipinski definition) is 9. The maximum Gasteiger partial charge on any atom is 0.318 e. The number of nitro groups is 2. The van der Waals surface area contributed by atoms with Crippen molar-refractivity contribution in [2.24, 2.45) is 0 Å². The molecule has 12 heteroatoms. The molecule has 0 unspecified atom stereocenters. The van der Waals surface area contributed by atoms with Crippen LogP contribution in [0.15, 0.2) is 41.3 Å². The van der Waals surface area contributed by atoms with E-state index in [9.17, 15) is 29.8 Å². The fraction of sp³-hybridized carbons (Fsp3) is 0.158. The van der Waals surface area contributed by atoms with Crippen molar-refractivity contribution in [3.05, 3.63) is 67.1 Å². The van der Waals surface area contributed by atoms with Crippen molar-refractivity contribution in [2.75, 3.05) is 13.7 Å². The standard InChI is InChI=1S/C19H15N3O8S/c1-3-20-18(23)17(31-19(20)24)9-11-4-6-15(16(8-11)29-2)30-14-7-5-12(21(25)26)10-13(14)22(27)28/h4-10H,3H2,1-2H3/b17-9+. The van der Waals surface area contributed by atoms with E-state index >= 15 is 0 Å². The van der Waals surface area contributed by atoms with Crippen molar-refractivity contribution < 1.29 is 28.9 Å². The minimum absolute atomic E-state index is 0.123. The van der Waals surface area contributed by atoms with Gasteiger partial charge < -0.3 is 9.47 Å². The van der Waals surface area contributed by atoms with E-state index in [2.05, 4.69) is 0 Å². The second-order valence-electron chi connectivity index (χ2n) is 6.10. The van der Waals surface area contributed by atoms with E-state index in [1.807, 2.05) is 0 Å². The average Bonchev–Trinajstić information content (AvgIpc) is 3.01. The highest BCUT2D eigenvalue weighted by molar-refractivity contribution is 8.18. The van der Waals surface area contributed by atoms with Gasteiger partial charge in [-0.15, -0.1) is 0 Å². The number of carbonyl (C=O) groups excluding carboxylic acids is 2. The van der Waals surface area contributed by atoms with Crippen molar-refractivity contribution in [1.82, 2.24) is 4.90 Å². The maximum atomic E-state index is 12.2. The number of amides is 2. The van der Waals surface area contributed by atoms with Gasteiger partial charge in [0.15, 0.2) is 11.5 Å². The number of ether oxygens (including phenoxy) is 2. The Morgan fingerprint density at radius 2 is 1.74 bits per heavy atom. The van der Waals surface area contributed by atoms with Gasteiger partial charge in [-0.05, 0) is 48.5 Å². The Hall–Kier alpha value is -3.93. The molecule has 2 aromatic rings. The first kappa shape index (κ1) is 21.8. The van der Waals surface area contributed by atoms with Crippen LogP contribution in [0, 0.1) is 20.2 Å². The summed E-state index contributed by atoms with van der Waals surface area (Å²) in [5.41, 5.74) is -0.472. The number of likely N-dealkylation sites (N-methyl/N-ethyl adjacent to an activating group) is 1. The van der Waals surface area contributed by atoms with Gasteiger partial charge in [0.2, 0.25) is 5.75 Å². The molecule has 0 radical (unpaired) electrons. The third kappa shape index (κ3) is 4.48. The lowest BCUT2D eigenvalue weighted by molar-refractivity contribution is -0.394. The Kier molecular flexibility index (Phi) is 6.20. The van der Waals surface area contributed by atoms with Crippen LogP contribution in [-0.4, -0.2) is 39.5 Å². The normalized spacial score (nSPS) is 14.8. The van der Waals surface area contributed by atoms with Gasteiger partial charge >= 0.3 is 5.69 Å². The molecule has 0 saturated carbocycles. The van der Waals surface area contributed by atoms with Gasteiger partial charge in [0.1, 0.15) is 0 Å². The van der Waals surface area contributed by atoms with E-state index in [1.54, 1.807) is 13.0 Å². The number of methoxy groups -OCH3 is 1. The van der Waals surface area contributed by atoms with Crippen LogP contribution in [0.25, 0.3) is 6.08 Å². The van der Waals surface area contributed by atoms with Gasteiger partial charge in [0.25, 0.3) is 16.8 Å². The van der Waals surface area contributed by atoms with Crippen LogP contribution in [0.2, 0.25) is 0 Å². The first-order chi connectivity index (χ1) is 14.7. The second-order valence-corrected chi connectivity index (χ2v) is 7.10. The van der Waals surface area contributed by atoms with E-state index in [4.69, 9.17) is 9.47 Å². The lowest BCUT2D eigenvalue weighted by Crippen LogP contribution is -2.27. The molecule has 0 spiro atoms. The van der Waals surface area contributed by atoms with Crippen molar-refractivity contribution in [3.63, 3.8) is 0 Å². The number of non-ortho nitro benzene ring substituents is 1. The third-order valence-corrected chi connectivity index (χ3v) is 5.15. The highest BCUT2D eigenvalue weighted by Gasteiger charge is 2.33. The van der Waals surface area contributed by atoms with Gasteiger partial charge in [-0.1, -0.05) is 6.07 Å². The summed E-state index contributed by atoms with van der Waals surface area (Å²) in [5, 5.41) is 21.8. The summed E-state index contributed by atoms with van der Waals surface area (Å²) in [6.07, 6.45) is 1.53. The summed E-state index contributed by atoms with van der Waals surface area (Å²) in [5.74, 6) is -0.265. The second kappa shape index (κ2) is 8.83.